The first kappa shape index (κ1) is 20.9. The number of halogens is 2. The van der Waals surface area contributed by atoms with E-state index in [9.17, 15) is 0 Å². The first-order valence-electron chi connectivity index (χ1n) is 10.0. The standard InChI is InChI=1S/C24H24Cl2N2O2/c25-22-10-5-18(15-23(22)26)17-30-24-4-2-1-3-19(24)16-27-20-6-8-21(9-7-20)28-11-13-29-14-12-28/h1-10,15,27H,11-14,16-17H2. The summed E-state index contributed by atoms with van der Waals surface area (Å²) in [5.41, 5.74) is 4.38. The number of hydrogen-bond acceptors (Lipinski definition) is 4. The summed E-state index contributed by atoms with van der Waals surface area (Å²) >= 11 is 12.1. The molecule has 0 aliphatic carbocycles. The van der Waals surface area contributed by atoms with Gasteiger partial charge in [0.05, 0.1) is 23.3 Å². The second-order valence-corrected chi connectivity index (χ2v) is 7.96. The summed E-state index contributed by atoms with van der Waals surface area (Å²) in [5, 5.41) is 4.57. The number of hydrogen-bond donors (Lipinski definition) is 1. The van der Waals surface area contributed by atoms with Gasteiger partial charge in [0, 0.05) is 36.6 Å². The van der Waals surface area contributed by atoms with Crippen molar-refractivity contribution in [2.45, 2.75) is 13.2 Å². The molecule has 0 amide bonds. The van der Waals surface area contributed by atoms with Crippen molar-refractivity contribution in [2.24, 2.45) is 0 Å². The molecule has 1 N–H and O–H groups in total. The molecule has 1 aliphatic heterocycles. The Morgan fingerprint density at radius 2 is 1.67 bits per heavy atom. The Kier molecular flexibility index (Phi) is 7.00. The summed E-state index contributed by atoms with van der Waals surface area (Å²) in [6.07, 6.45) is 0. The molecular formula is C24H24Cl2N2O2. The van der Waals surface area contributed by atoms with E-state index < -0.39 is 0 Å². The molecule has 0 spiro atoms. The zero-order chi connectivity index (χ0) is 20.8. The number of morpholine rings is 1. The van der Waals surface area contributed by atoms with Gasteiger partial charge in [-0.25, -0.2) is 0 Å². The Morgan fingerprint density at radius 1 is 0.900 bits per heavy atom. The van der Waals surface area contributed by atoms with E-state index in [1.165, 1.54) is 5.69 Å². The van der Waals surface area contributed by atoms with Crippen LogP contribution in [0.5, 0.6) is 5.75 Å². The van der Waals surface area contributed by atoms with Gasteiger partial charge in [0.15, 0.2) is 0 Å². The summed E-state index contributed by atoms with van der Waals surface area (Å²) in [6.45, 7) is 4.57. The summed E-state index contributed by atoms with van der Waals surface area (Å²) < 4.78 is 11.5. The minimum absolute atomic E-state index is 0.433. The molecular weight excluding hydrogens is 419 g/mol. The van der Waals surface area contributed by atoms with Crippen LogP contribution in [-0.2, 0) is 17.9 Å². The lowest BCUT2D eigenvalue weighted by Crippen LogP contribution is -2.36. The molecule has 4 rings (SSSR count). The van der Waals surface area contributed by atoms with Crippen molar-refractivity contribution in [3.05, 3.63) is 87.9 Å². The fourth-order valence-electron chi connectivity index (χ4n) is 3.39. The Balaban J connectivity index is 1.36. The van der Waals surface area contributed by atoms with E-state index in [-0.39, 0.29) is 0 Å². The van der Waals surface area contributed by atoms with Gasteiger partial charge >= 0.3 is 0 Å². The van der Waals surface area contributed by atoms with Gasteiger partial charge in [-0.1, -0.05) is 47.5 Å². The van der Waals surface area contributed by atoms with E-state index in [0.29, 0.717) is 23.2 Å². The summed E-state index contributed by atoms with van der Waals surface area (Å²) in [6, 6.07) is 22.1. The lowest BCUT2D eigenvalue weighted by molar-refractivity contribution is 0.122. The largest absolute Gasteiger partial charge is 0.489 e. The lowest BCUT2D eigenvalue weighted by atomic mass is 10.2. The number of nitrogens with one attached hydrogen (secondary N) is 1. The molecule has 1 aliphatic rings. The molecule has 0 radical (unpaired) electrons. The van der Waals surface area contributed by atoms with Crippen LogP contribution < -0.4 is 15.0 Å². The van der Waals surface area contributed by atoms with Gasteiger partial charge in [-0.15, -0.1) is 0 Å². The minimum atomic E-state index is 0.433. The predicted octanol–water partition coefficient (Wildman–Crippen LogP) is 6.02. The molecule has 0 atom stereocenters. The molecule has 1 fully saturated rings. The van der Waals surface area contributed by atoms with E-state index in [1.54, 1.807) is 6.07 Å². The van der Waals surface area contributed by atoms with Gasteiger partial charge in [-0.2, -0.15) is 0 Å². The van der Waals surface area contributed by atoms with Crippen molar-refractivity contribution < 1.29 is 9.47 Å². The van der Waals surface area contributed by atoms with Crippen LogP contribution in [0.3, 0.4) is 0 Å². The molecule has 156 valence electrons. The average molecular weight is 443 g/mol. The molecule has 0 unspecified atom stereocenters. The number of nitrogens with zero attached hydrogens (tertiary/aromatic N) is 1. The van der Waals surface area contributed by atoms with E-state index in [2.05, 4.69) is 40.5 Å². The van der Waals surface area contributed by atoms with E-state index in [1.807, 2.05) is 30.3 Å². The quantitative estimate of drug-likeness (QED) is 0.484. The van der Waals surface area contributed by atoms with Crippen LogP contribution in [0, 0.1) is 0 Å². The van der Waals surface area contributed by atoms with Crippen molar-refractivity contribution in [1.29, 1.82) is 0 Å². The highest BCUT2D eigenvalue weighted by Gasteiger charge is 2.11. The van der Waals surface area contributed by atoms with Gasteiger partial charge in [0.2, 0.25) is 0 Å². The van der Waals surface area contributed by atoms with Crippen molar-refractivity contribution in [3.63, 3.8) is 0 Å². The van der Waals surface area contributed by atoms with Crippen molar-refractivity contribution in [3.8, 4) is 5.75 Å². The van der Waals surface area contributed by atoms with Crippen molar-refractivity contribution in [2.75, 3.05) is 36.5 Å². The molecule has 6 heteroatoms. The normalized spacial score (nSPS) is 13.9. The second kappa shape index (κ2) is 10.1. The average Bonchev–Trinajstić information content (AvgIpc) is 2.80. The van der Waals surface area contributed by atoms with Crippen molar-refractivity contribution in [1.82, 2.24) is 0 Å². The second-order valence-electron chi connectivity index (χ2n) is 7.14. The molecule has 30 heavy (non-hydrogen) atoms. The minimum Gasteiger partial charge on any atom is -0.489 e. The van der Waals surface area contributed by atoms with Crippen LogP contribution >= 0.6 is 23.2 Å². The Hall–Kier alpha value is -2.40. The highest BCUT2D eigenvalue weighted by Crippen LogP contribution is 2.25. The van der Waals surface area contributed by atoms with Crippen molar-refractivity contribution >= 4 is 34.6 Å². The fraction of sp³-hybridized carbons (Fsp3) is 0.250. The maximum Gasteiger partial charge on any atom is 0.124 e. The Labute approximate surface area is 187 Å². The Morgan fingerprint density at radius 3 is 2.43 bits per heavy atom. The SMILES string of the molecule is Clc1ccc(COc2ccccc2CNc2ccc(N3CCOCC3)cc2)cc1Cl. The summed E-state index contributed by atoms with van der Waals surface area (Å²) in [7, 11) is 0. The number of para-hydroxylation sites is 1. The number of ether oxygens (including phenoxy) is 2. The summed E-state index contributed by atoms with van der Waals surface area (Å²) in [4.78, 5) is 2.35. The summed E-state index contributed by atoms with van der Waals surface area (Å²) in [5.74, 6) is 0.848. The van der Waals surface area contributed by atoms with E-state index >= 15 is 0 Å². The number of rotatable bonds is 7. The van der Waals surface area contributed by atoms with Crippen LogP contribution in [0.25, 0.3) is 0 Å². The Bertz CT molecular complexity index is 973. The maximum absolute atomic E-state index is 6.10. The number of anilines is 2. The van der Waals surface area contributed by atoms with E-state index in [4.69, 9.17) is 32.7 Å². The van der Waals surface area contributed by atoms with E-state index in [0.717, 1.165) is 48.9 Å². The third-order valence-electron chi connectivity index (χ3n) is 5.08. The highest BCUT2D eigenvalue weighted by atomic mass is 35.5. The fourth-order valence-corrected chi connectivity index (χ4v) is 3.71. The molecule has 0 aromatic heterocycles. The molecule has 3 aromatic carbocycles. The zero-order valence-electron chi connectivity index (χ0n) is 16.6. The van der Waals surface area contributed by atoms with Gasteiger partial charge in [-0.05, 0) is 48.0 Å². The van der Waals surface area contributed by atoms with Gasteiger partial charge in [-0.3, -0.25) is 0 Å². The van der Waals surface area contributed by atoms with Crippen LogP contribution in [0.1, 0.15) is 11.1 Å². The lowest BCUT2D eigenvalue weighted by Gasteiger charge is -2.29. The third-order valence-corrected chi connectivity index (χ3v) is 5.82. The smallest absolute Gasteiger partial charge is 0.124 e. The van der Waals surface area contributed by atoms with Crippen LogP contribution in [-0.4, -0.2) is 26.3 Å². The molecule has 3 aromatic rings. The topological polar surface area (TPSA) is 33.7 Å². The predicted molar refractivity (Wildman–Crippen MR) is 124 cm³/mol. The first-order chi connectivity index (χ1) is 14.7. The van der Waals surface area contributed by atoms with Crippen LogP contribution in [0.2, 0.25) is 10.0 Å². The monoisotopic (exact) mass is 442 g/mol. The molecule has 0 saturated carbocycles. The van der Waals surface area contributed by atoms with Crippen LogP contribution in [0.15, 0.2) is 66.7 Å². The first-order valence-corrected chi connectivity index (χ1v) is 10.8. The molecule has 0 bridgehead atoms. The zero-order valence-corrected chi connectivity index (χ0v) is 18.1. The number of benzene rings is 3. The third kappa shape index (κ3) is 5.39. The van der Waals surface area contributed by atoms with Gasteiger partial charge < -0.3 is 19.7 Å². The molecule has 1 saturated heterocycles. The van der Waals surface area contributed by atoms with Crippen LogP contribution in [0.4, 0.5) is 11.4 Å². The molecule has 1 heterocycles. The van der Waals surface area contributed by atoms with Gasteiger partial charge in [0.25, 0.3) is 0 Å². The maximum atomic E-state index is 6.10. The molecule has 4 nitrogen and oxygen atoms in total. The highest BCUT2D eigenvalue weighted by molar-refractivity contribution is 6.42. The van der Waals surface area contributed by atoms with Gasteiger partial charge in [0.1, 0.15) is 12.4 Å².